The van der Waals surface area contributed by atoms with Gasteiger partial charge in [-0.1, -0.05) is 12.2 Å². The van der Waals surface area contributed by atoms with E-state index in [4.69, 9.17) is 12.2 Å². The summed E-state index contributed by atoms with van der Waals surface area (Å²) in [6.07, 6.45) is 6.23. The second-order valence-corrected chi connectivity index (χ2v) is 4.65. The number of aromatic nitrogens is 2. The fourth-order valence-corrected chi connectivity index (χ4v) is 2.00. The number of nitrogens with zero attached hydrogens (tertiary/aromatic N) is 1. The van der Waals surface area contributed by atoms with Crippen LogP contribution in [0.5, 0.6) is 0 Å². The van der Waals surface area contributed by atoms with Crippen LogP contribution in [0.2, 0.25) is 0 Å². The van der Waals surface area contributed by atoms with Crippen LogP contribution in [0.25, 0.3) is 6.08 Å². The summed E-state index contributed by atoms with van der Waals surface area (Å²) < 4.78 is 3.68. The van der Waals surface area contributed by atoms with E-state index in [1.807, 2.05) is 6.08 Å². The zero-order valence-electron chi connectivity index (χ0n) is 7.78. The summed E-state index contributed by atoms with van der Waals surface area (Å²) in [6.45, 7) is 3.07. The Labute approximate surface area is 91.7 Å². The highest BCUT2D eigenvalue weighted by Gasteiger charge is 2.06. The first-order valence-corrected chi connectivity index (χ1v) is 5.64. The first-order chi connectivity index (χ1) is 6.74. The van der Waals surface area contributed by atoms with Crippen molar-refractivity contribution in [2.24, 2.45) is 0 Å². The van der Waals surface area contributed by atoms with Crippen molar-refractivity contribution in [3.63, 3.8) is 0 Å². The summed E-state index contributed by atoms with van der Waals surface area (Å²) in [6, 6.07) is 0.476. The van der Waals surface area contributed by atoms with Crippen molar-refractivity contribution in [1.29, 1.82) is 0 Å². The SMILES string of the molecule is C[C@@H]1C=C(/C=C/c2nc(=S)s[nH]2)CN1. The Bertz CT molecular complexity index is 427. The number of rotatable bonds is 2. The molecule has 0 bridgehead atoms. The summed E-state index contributed by atoms with van der Waals surface area (Å²) in [5, 5.41) is 3.32. The summed E-state index contributed by atoms with van der Waals surface area (Å²) in [5.74, 6) is 0.834. The first kappa shape index (κ1) is 9.76. The van der Waals surface area contributed by atoms with Gasteiger partial charge in [0.1, 0.15) is 5.82 Å². The van der Waals surface area contributed by atoms with Crippen molar-refractivity contribution in [1.82, 2.24) is 14.7 Å². The molecule has 1 aromatic rings. The molecule has 74 valence electrons. The van der Waals surface area contributed by atoms with Gasteiger partial charge in [0.2, 0.25) is 0 Å². The van der Waals surface area contributed by atoms with Gasteiger partial charge in [-0.15, -0.1) is 0 Å². The monoisotopic (exact) mass is 225 g/mol. The van der Waals surface area contributed by atoms with Crippen molar-refractivity contribution in [3.8, 4) is 0 Å². The van der Waals surface area contributed by atoms with Gasteiger partial charge in [-0.05, 0) is 42.3 Å². The average Bonchev–Trinajstić information content (AvgIpc) is 2.72. The molecular weight excluding hydrogens is 214 g/mol. The molecule has 1 aromatic heterocycles. The van der Waals surface area contributed by atoms with E-state index in [1.54, 1.807) is 0 Å². The molecule has 0 saturated carbocycles. The average molecular weight is 225 g/mol. The van der Waals surface area contributed by atoms with Crippen LogP contribution in [0.3, 0.4) is 0 Å². The lowest BCUT2D eigenvalue weighted by Gasteiger charge is -1.94. The highest BCUT2D eigenvalue weighted by Crippen LogP contribution is 2.08. The predicted molar refractivity (Wildman–Crippen MR) is 61.9 cm³/mol. The lowest BCUT2D eigenvalue weighted by Crippen LogP contribution is -2.17. The summed E-state index contributed by atoms with van der Waals surface area (Å²) in [5.41, 5.74) is 1.30. The lowest BCUT2D eigenvalue weighted by molar-refractivity contribution is 0.723. The molecule has 3 nitrogen and oxygen atoms in total. The van der Waals surface area contributed by atoms with Gasteiger partial charge in [-0.2, -0.15) is 0 Å². The molecule has 0 spiro atoms. The van der Waals surface area contributed by atoms with E-state index in [1.165, 1.54) is 17.1 Å². The van der Waals surface area contributed by atoms with Crippen LogP contribution in [-0.4, -0.2) is 21.9 Å². The van der Waals surface area contributed by atoms with Crippen molar-refractivity contribution in [2.45, 2.75) is 13.0 Å². The summed E-state index contributed by atoms with van der Waals surface area (Å²) in [4.78, 5) is 4.13. The van der Waals surface area contributed by atoms with E-state index in [0.717, 1.165) is 12.4 Å². The second-order valence-electron chi connectivity index (χ2n) is 3.21. The van der Waals surface area contributed by atoms with E-state index in [-0.39, 0.29) is 0 Å². The highest BCUT2D eigenvalue weighted by atomic mass is 32.2. The maximum atomic E-state index is 4.92. The third kappa shape index (κ3) is 2.37. The standard InChI is InChI=1S/C9H11N3S2/c1-6-4-7(5-10-6)2-3-8-11-9(13)14-12-8/h2-4,6,10H,5H2,1H3,(H,11,12,13)/b3-2+/t6-/m1/s1. The van der Waals surface area contributed by atoms with Crippen LogP contribution in [0, 0.1) is 3.95 Å². The lowest BCUT2D eigenvalue weighted by atomic mass is 10.2. The van der Waals surface area contributed by atoms with Crippen molar-refractivity contribution >= 4 is 29.8 Å². The van der Waals surface area contributed by atoms with Crippen LogP contribution in [0.15, 0.2) is 17.7 Å². The number of nitrogens with one attached hydrogen (secondary N) is 2. The van der Waals surface area contributed by atoms with Crippen LogP contribution in [0.4, 0.5) is 0 Å². The minimum Gasteiger partial charge on any atom is -0.307 e. The molecule has 0 amide bonds. The van der Waals surface area contributed by atoms with E-state index in [0.29, 0.717) is 10.00 Å². The molecule has 0 radical (unpaired) electrons. The second kappa shape index (κ2) is 4.16. The van der Waals surface area contributed by atoms with Gasteiger partial charge in [0, 0.05) is 12.6 Å². The van der Waals surface area contributed by atoms with Gasteiger partial charge in [0.15, 0.2) is 3.95 Å². The molecule has 0 saturated heterocycles. The third-order valence-electron chi connectivity index (χ3n) is 2.00. The van der Waals surface area contributed by atoms with E-state index in [9.17, 15) is 0 Å². The topological polar surface area (TPSA) is 40.7 Å². The molecule has 5 heteroatoms. The van der Waals surface area contributed by atoms with Gasteiger partial charge in [0.05, 0.1) is 0 Å². The molecule has 14 heavy (non-hydrogen) atoms. The minimum absolute atomic E-state index is 0.476. The van der Waals surface area contributed by atoms with E-state index < -0.39 is 0 Å². The zero-order valence-corrected chi connectivity index (χ0v) is 9.41. The number of hydrogen-bond donors (Lipinski definition) is 2. The molecule has 0 aliphatic carbocycles. The Morgan fingerprint density at radius 2 is 2.50 bits per heavy atom. The maximum Gasteiger partial charge on any atom is 0.198 e. The molecule has 2 heterocycles. The molecule has 1 aliphatic heterocycles. The Hall–Kier alpha value is -0.780. The number of hydrogen-bond acceptors (Lipinski definition) is 4. The van der Waals surface area contributed by atoms with Crippen LogP contribution < -0.4 is 5.32 Å². The minimum atomic E-state index is 0.476. The molecule has 2 N–H and O–H groups in total. The Balaban J connectivity index is 2.07. The van der Waals surface area contributed by atoms with Gasteiger partial charge in [-0.25, -0.2) is 4.98 Å². The van der Waals surface area contributed by atoms with Crippen molar-refractivity contribution < 1.29 is 0 Å². The molecule has 0 fully saturated rings. The Morgan fingerprint density at radius 1 is 1.64 bits per heavy atom. The molecule has 0 unspecified atom stereocenters. The van der Waals surface area contributed by atoms with E-state index >= 15 is 0 Å². The van der Waals surface area contributed by atoms with Crippen LogP contribution in [0.1, 0.15) is 12.7 Å². The largest absolute Gasteiger partial charge is 0.307 e. The highest BCUT2D eigenvalue weighted by molar-refractivity contribution is 7.73. The van der Waals surface area contributed by atoms with E-state index in [2.05, 4.69) is 33.8 Å². The Kier molecular flexibility index (Phi) is 2.90. The van der Waals surface area contributed by atoms with Crippen molar-refractivity contribution in [3.05, 3.63) is 27.5 Å². The molecule has 0 aromatic carbocycles. The van der Waals surface area contributed by atoms with Crippen LogP contribution >= 0.6 is 23.8 Å². The molecular formula is C9H11N3S2. The van der Waals surface area contributed by atoms with Crippen LogP contribution in [-0.2, 0) is 0 Å². The Morgan fingerprint density at radius 3 is 3.07 bits per heavy atom. The van der Waals surface area contributed by atoms with Gasteiger partial charge < -0.3 is 5.32 Å². The first-order valence-electron chi connectivity index (χ1n) is 4.42. The van der Waals surface area contributed by atoms with Gasteiger partial charge >= 0.3 is 0 Å². The maximum absolute atomic E-state index is 4.92. The summed E-state index contributed by atoms with van der Waals surface area (Å²) in [7, 11) is 0. The number of aromatic amines is 1. The fourth-order valence-electron chi connectivity index (χ4n) is 1.33. The normalized spacial score (nSPS) is 21.8. The van der Waals surface area contributed by atoms with Gasteiger partial charge in [0.25, 0.3) is 0 Å². The third-order valence-corrected chi connectivity index (χ3v) is 2.92. The smallest absolute Gasteiger partial charge is 0.198 e. The molecule has 1 atom stereocenters. The zero-order chi connectivity index (χ0) is 9.97. The summed E-state index contributed by atoms with van der Waals surface area (Å²) >= 11 is 6.30. The molecule has 2 rings (SSSR count). The molecule has 1 aliphatic rings. The van der Waals surface area contributed by atoms with Crippen molar-refractivity contribution in [2.75, 3.05) is 6.54 Å². The fraction of sp³-hybridized carbons (Fsp3) is 0.333. The quantitative estimate of drug-likeness (QED) is 0.758. The predicted octanol–water partition coefficient (Wildman–Crippen LogP) is 2.13. The van der Waals surface area contributed by atoms with Gasteiger partial charge in [-0.3, -0.25) is 4.37 Å². The number of H-pyrrole nitrogens is 1.